The lowest BCUT2D eigenvalue weighted by Gasteiger charge is -2.51. The summed E-state index contributed by atoms with van der Waals surface area (Å²) in [5.41, 5.74) is 5.93. The Morgan fingerprint density at radius 2 is 1.48 bits per heavy atom. The van der Waals surface area contributed by atoms with Gasteiger partial charge in [-0.3, -0.25) is 34.3 Å². The van der Waals surface area contributed by atoms with Gasteiger partial charge in [-0.2, -0.15) is 5.01 Å². The first kappa shape index (κ1) is 33.5. The quantitative estimate of drug-likeness (QED) is 0.108. The molecule has 1 saturated carbocycles. The molecular weight excluding hydrogens is 679 g/mol. The number of aromatic hydroxyl groups is 1. The summed E-state index contributed by atoms with van der Waals surface area (Å²) < 4.78 is 0. The van der Waals surface area contributed by atoms with Gasteiger partial charge in [0.25, 0.3) is 11.8 Å². The molecule has 0 bridgehead atoms. The van der Waals surface area contributed by atoms with Crippen molar-refractivity contribution in [3.8, 4) is 5.75 Å². The highest BCUT2D eigenvalue weighted by Crippen LogP contribution is 2.65. The maximum atomic E-state index is 15.5. The Balaban J connectivity index is 1.26. The van der Waals surface area contributed by atoms with Gasteiger partial charge in [0.1, 0.15) is 5.75 Å². The van der Waals surface area contributed by atoms with E-state index in [9.17, 15) is 24.3 Å². The maximum Gasteiger partial charge on any atom is 0.260 e. The zero-order valence-corrected chi connectivity index (χ0v) is 29.7. The van der Waals surface area contributed by atoms with Crippen LogP contribution < -0.4 is 10.3 Å². The number of hydrogen-bond acceptors (Lipinski definition) is 7. The molecule has 0 spiro atoms. The predicted molar refractivity (Wildman–Crippen MR) is 203 cm³/mol. The molecular formula is C45H37N3O6. The van der Waals surface area contributed by atoms with E-state index < -0.39 is 46.8 Å². The topological polar surface area (TPSA) is 124 Å². The van der Waals surface area contributed by atoms with Crippen molar-refractivity contribution in [3.05, 3.63) is 149 Å². The minimum Gasteiger partial charge on any atom is -0.508 e. The fourth-order valence-corrected chi connectivity index (χ4v) is 9.75. The molecule has 268 valence electrons. The summed E-state index contributed by atoms with van der Waals surface area (Å²) in [7, 11) is 0. The molecule has 0 unspecified atom stereocenters. The van der Waals surface area contributed by atoms with E-state index in [1.807, 2.05) is 97.9 Å². The monoisotopic (exact) mass is 715 g/mol. The largest absolute Gasteiger partial charge is 0.508 e. The third kappa shape index (κ3) is 4.73. The number of aryl methyl sites for hydroxylation is 1. The zero-order chi connectivity index (χ0) is 37.5. The van der Waals surface area contributed by atoms with Crippen molar-refractivity contribution in [3.63, 3.8) is 0 Å². The lowest BCUT2D eigenvalue weighted by molar-refractivity contribution is -0.138. The van der Waals surface area contributed by atoms with Gasteiger partial charge in [0.15, 0.2) is 5.78 Å². The minimum atomic E-state index is -1.51. The van der Waals surface area contributed by atoms with E-state index in [2.05, 4.69) is 5.43 Å². The first-order chi connectivity index (χ1) is 26.1. The van der Waals surface area contributed by atoms with Gasteiger partial charge in [-0.05, 0) is 91.4 Å². The molecule has 5 aromatic carbocycles. The van der Waals surface area contributed by atoms with E-state index in [1.54, 1.807) is 30.3 Å². The first-order valence-corrected chi connectivity index (χ1v) is 18.3. The van der Waals surface area contributed by atoms with Crippen LogP contribution in [0.25, 0.3) is 10.8 Å². The number of imide groups is 2. The number of Topliss-reactive ketones (excluding diaryl/α,β-unsaturated/α-hetero) is 1. The Morgan fingerprint density at radius 1 is 0.778 bits per heavy atom. The van der Waals surface area contributed by atoms with Crippen LogP contribution in [0.4, 0.5) is 11.4 Å². The molecule has 5 aromatic rings. The summed E-state index contributed by atoms with van der Waals surface area (Å²) in [6.45, 7) is 3.41. The Hall–Kier alpha value is -6.35. The van der Waals surface area contributed by atoms with E-state index in [0.717, 1.165) is 26.9 Å². The van der Waals surface area contributed by atoms with Gasteiger partial charge >= 0.3 is 0 Å². The summed E-state index contributed by atoms with van der Waals surface area (Å²) in [6, 6.07) is 34.2. The number of hydrogen-bond donors (Lipinski definition) is 2. The van der Waals surface area contributed by atoms with Crippen molar-refractivity contribution in [1.82, 2.24) is 5.01 Å². The second-order valence-electron chi connectivity index (χ2n) is 14.9. The predicted octanol–water partition coefficient (Wildman–Crippen LogP) is 7.25. The second kappa shape index (κ2) is 12.4. The summed E-state index contributed by atoms with van der Waals surface area (Å²) >= 11 is 0. The van der Waals surface area contributed by atoms with Crippen LogP contribution in [0.3, 0.4) is 0 Å². The summed E-state index contributed by atoms with van der Waals surface area (Å²) in [5.74, 6) is -5.67. The maximum absolute atomic E-state index is 15.5. The van der Waals surface area contributed by atoms with Gasteiger partial charge in [-0.15, -0.1) is 0 Å². The van der Waals surface area contributed by atoms with Crippen molar-refractivity contribution in [2.24, 2.45) is 23.7 Å². The van der Waals surface area contributed by atoms with Crippen LogP contribution in [0, 0.1) is 30.6 Å². The highest BCUT2D eigenvalue weighted by atomic mass is 16.3. The van der Waals surface area contributed by atoms with Crippen molar-refractivity contribution in [2.45, 2.75) is 38.0 Å². The van der Waals surface area contributed by atoms with Gasteiger partial charge < -0.3 is 5.11 Å². The second-order valence-corrected chi connectivity index (χ2v) is 14.9. The van der Waals surface area contributed by atoms with E-state index >= 15 is 4.79 Å². The van der Waals surface area contributed by atoms with E-state index in [0.29, 0.717) is 28.1 Å². The molecule has 54 heavy (non-hydrogen) atoms. The standard InChI is InChI=1S/C45H37N3O6/c1-25-12-17-30(18-13-25)46-48-42(52)36-24-35-33(21-22-34-38(35)43(53)47(41(34)51)31-19-14-27(15-20-31)26(2)49)40(45(36,44(48)54)29-9-4-3-5-10-29)39-32-11-7-6-8-28(32)16-23-37(39)50/h3-21,23,34-36,38,40,46,50H,22,24H2,1-2H3/t34-,35+,36-,38-,40+,45+/m0/s1. The van der Waals surface area contributed by atoms with Crippen LogP contribution in [0.1, 0.15) is 52.7 Å². The van der Waals surface area contributed by atoms with Crippen LogP contribution in [0.15, 0.2) is 127 Å². The molecule has 6 atom stereocenters. The van der Waals surface area contributed by atoms with Crippen LogP contribution in [0.2, 0.25) is 0 Å². The summed E-state index contributed by atoms with van der Waals surface area (Å²) in [4.78, 5) is 72.5. The molecule has 3 fully saturated rings. The van der Waals surface area contributed by atoms with Crippen LogP contribution in [-0.4, -0.2) is 39.5 Å². The normalized spacial score (nSPS) is 26.0. The minimum absolute atomic E-state index is 0.0253. The van der Waals surface area contributed by atoms with Crippen molar-refractivity contribution >= 4 is 51.6 Å². The van der Waals surface area contributed by atoms with Gasteiger partial charge in [-0.25, -0.2) is 0 Å². The highest BCUT2D eigenvalue weighted by molar-refractivity contribution is 6.23. The van der Waals surface area contributed by atoms with Gasteiger partial charge in [0.2, 0.25) is 11.8 Å². The number of fused-ring (bicyclic) bond motifs is 5. The zero-order valence-electron chi connectivity index (χ0n) is 29.7. The number of hydrazine groups is 1. The van der Waals surface area contributed by atoms with Crippen LogP contribution in [0.5, 0.6) is 5.75 Å². The van der Waals surface area contributed by atoms with Crippen molar-refractivity contribution < 1.29 is 29.1 Å². The number of nitrogens with one attached hydrogen (secondary N) is 1. The molecule has 4 aliphatic rings. The van der Waals surface area contributed by atoms with Crippen LogP contribution >= 0.6 is 0 Å². The van der Waals surface area contributed by atoms with Crippen LogP contribution in [-0.2, 0) is 24.6 Å². The number of phenolic OH excluding ortho intramolecular Hbond substituents is 1. The number of ketones is 1. The Bertz CT molecular complexity index is 2440. The van der Waals surface area contributed by atoms with Gasteiger partial charge in [0, 0.05) is 17.0 Å². The van der Waals surface area contributed by atoms with E-state index in [4.69, 9.17) is 0 Å². The Morgan fingerprint density at radius 3 is 2.20 bits per heavy atom. The fraction of sp³-hybridized carbons (Fsp3) is 0.222. The lowest BCUT2D eigenvalue weighted by Crippen LogP contribution is -2.53. The summed E-state index contributed by atoms with van der Waals surface area (Å²) in [6.07, 6.45) is 2.37. The van der Waals surface area contributed by atoms with Crippen molar-refractivity contribution in [1.29, 1.82) is 0 Å². The number of carbonyl (C=O) groups is 5. The Kier molecular flexibility index (Phi) is 7.67. The number of carbonyl (C=O) groups excluding carboxylic acids is 5. The fourth-order valence-electron chi connectivity index (χ4n) is 9.75. The molecule has 0 aromatic heterocycles. The molecule has 4 amide bonds. The average molecular weight is 716 g/mol. The molecule has 2 aliphatic heterocycles. The molecule has 0 radical (unpaired) electrons. The molecule has 9 heteroatoms. The third-order valence-electron chi connectivity index (χ3n) is 12.2. The number of anilines is 2. The SMILES string of the molecule is CC(=O)c1ccc(N2C(=O)[C@H]3[C@H](CC=C4[C@H]3C[C@H]3C(=O)N(Nc5ccc(C)cc5)C(=O)[C@@]3(c3ccccc3)[C@H]4c3c(O)ccc4ccccc34)C2=O)cc1. The molecule has 2 heterocycles. The number of rotatable bonds is 6. The van der Waals surface area contributed by atoms with Gasteiger partial charge in [-0.1, -0.05) is 90.0 Å². The molecule has 2 aliphatic carbocycles. The average Bonchev–Trinajstić information content (AvgIpc) is 3.57. The molecule has 2 N–H and O–H groups in total. The lowest BCUT2D eigenvalue weighted by atomic mass is 9.48. The van der Waals surface area contributed by atoms with E-state index in [-0.39, 0.29) is 36.2 Å². The summed E-state index contributed by atoms with van der Waals surface area (Å²) in [5, 5.41) is 14.6. The number of benzene rings is 5. The Labute approximate surface area is 311 Å². The highest BCUT2D eigenvalue weighted by Gasteiger charge is 2.70. The number of nitrogens with zero attached hydrogens (tertiary/aromatic N) is 2. The number of allylic oxidation sites excluding steroid dienone is 2. The van der Waals surface area contributed by atoms with Gasteiger partial charge in [0.05, 0.1) is 34.5 Å². The molecule has 9 rings (SSSR count). The van der Waals surface area contributed by atoms with Crippen molar-refractivity contribution in [2.75, 3.05) is 10.3 Å². The number of amides is 4. The first-order valence-electron chi connectivity index (χ1n) is 18.3. The molecule has 9 nitrogen and oxygen atoms in total. The molecule has 2 saturated heterocycles. The third-order valence-corrected chi connectivity index (χ3v) is 12.2. The van der Waals surface area contributed by atoms with E-state index in [1.165, 1.54) is 11.8 Å². The number of phenols is 1. The smallest absolute Gasteiger partial charge is 0.260 e.